The van der Waals surface area contributed by atoms with Crippen molar-refractivity contribution in [1.82, 2.24) is 19.9 Å². The van der Waals surface area contributed by atoms with Crippen LogP contribution in [0, 0.1) is 0 Å². The van der Waals surface area contributed by atoms with E-state index in [1.807, 2.05) is 0 Å². The minimum Gasteiger partial charge on any atom is -0.382 e. The maximum absolute atomic E-state index is 5.65. The van der Waals surface area contributed by atoms with Crippen molar-refractivity contribution in [1.29, 1.82) is 0 Å². The minimum atomic E-state index is 0.0164. The zero-order valence-electron chi connectivity index (χ0n) is 6.70. The highest BCUT2D eigenvalue weighted by Crippen LogP contribution is 2.22. The van der Waals surface area contributed by atoms with Crippen molar-refractivity contribution in [2.24, 2.45) is 0 Å². The zero-order valence-corrected chi connectivity index (χ0v) is 8.21. The number of anilines is 2. The molecule has 6 nitrogen and oxygen atoms in total. The fourth-order valence-corrected chi connectivity index (χ4v) is 1.20. The van der Waals surface area contributed by atoms with Crippen molar-refractivity contribution in [3.63, 3.8) is 0 Å². The normalized spacial score (nSPS) is 10.7. The molecule has 0 aliphatic carbocycles. The molecule has 4 N–H and O–H groups in total. The molecular formula is C6H4Cl2N6. The Balaban J connectivity index is 2.89. The van der Waals surface area contributed by atoms with Gasteiger partial charge in [0, 0.05) is 0 Å². The SMILES string of the molecule is Nc1nc(N)c2nc(Cl)c(Cl)nc2n1. The van der Waals surface area contributed by atoms with Crippen molar-refractivity contribution in [2.45, 2.75) is 0 Å². The highest BCUT2D eigenvalue weighted by Gasteiger charge is 2.09. The van der Waals surface area contributed by atoms with E-state index < -0.39 is 0 Å². The summed E-state index contributed by atoms with van der Waals surface area (Å²) in [5.41, 5.74) is 11.4. The first-order valence-electron chi connectivity index (χ1n) is 3.49. The molecule has 0 aliphatic heterocycles. The lowest BCUT2D eigenvalue weighted by Gasteiger charge is -2.01. The minimum absolute atomic E-state index is 0.0164. The smallest absolute Gasteiger partial charge is 0.224 e. The van der Waals surface area contributed by atoms with Crippen LogP contribution < -0.4 is 11.5 Å². The van der Waals surface area contributed by atoms with Gasteiger partial charge in [-0.3, -0.25) is 0 Å². The van der Waals surface area contributed by atoms with E-state index in [0.717, 1.165) is 0 Å². The van der Waals surface area contributed by atoms with Gasteiger partial charge < -0.3 is 11.5 Å². The Labute approximate surface area is 88.3 Å². The molecule has 0 aromatic carbocycles. The number of nitrogen functional groups attached to an aromatic ring is 2. The summed E-state index contributed by atoms with van der Waals surface area (Å²) in [7, 11) is 0. The molecule has 0 bridgehead atoms. The molecule has 72 valence electrons. The number of hydrogen-bond donors (Lipinski definition) is 2. The molecule has 0 aliphatic rings. The van der Waals surface area contributed by atoms with Crippen LogP contribution in [0.1, 0.15) is 0 Å². The predicted molar refractivity (Wildman–Crippen MR) is 54.0 cm³/mol. The molecule has 0 atom stereocenters. The van der Waals surface area contributed by atoms with Gasteiger partial charge in [-0.25, -0.2) is 9.97 Å². The van der Waals surface area contributed by atoms with E-state index in [2.05, 4.69) is 19.9 Å². The number of aromatic nitrogens is 4. The first-order valence-corrected chi connectivity index (χ1v) is 4.25. The van der Waals surface area contributed by atoms with Crippen molar-refractivity contribution < 1.29 is 0 Å². The average molecular weight is 231 g/mol. The van der Waals surface area contributed by atoms with Gasteiger partial charge in [-0.05, 0) is 0 Å². The highest BCUT2D eigenvalue weighted by atomic mass is 35.5. The van der Waals surface area contributed by atoms with Crippen LogP contribution in [0.2, 0.25) is 10.3 Å². The number of nitrogens with zero attached hydrogens (tertiary/aromatic N) is 4. The average Bonchev–Trinajstić information content (AvgIpc) is 2.08. The second-order valence-electron chi connectivity index (χ2n) is 2.44. The molecule has 0 spiro atoms. The van der Waals surface area contributed by atoms with Crippen LogP contribution in [-0.4, -0.2) is 19.9 Å². The third kappa shape index (κ3) is 1.38. The second kappa shape index (κ2) is 3.07. The first kappa shape index (κ1) is 9.17. The van der Waals surface area contributed by atoms with Crippen LogP contribution in [0.4, 0.5) is 11.8 Å². The fraction of sp³-hybridized carbons (Fsp3) is 0. The Hall–Kier alpha value is -1.40. The van der Waals surface area contributed by atoms with Crippen molar-refractivity contribution in [3.8, 4) is 0 Å². The molecule has 0 saturated heterocycles. The summed E-state index contributed by atoms with van der Waals surface area (Å²) in [6, 6.07) is 0. The topological polar surface area (TPSA) is 104 Å². The third-order valence-electron chi connectivity index (χ3n) is 1.49. The monoisotopic (exact) mass is 230 g/mol. The van der Waals surface area contributed by atoms with Gasteiger partial charge in [0.25, 0.3) is 0 Å². The molecular weight excluding hydrogens is 227 g/mol. The van der Waals surface area contributed by atoms with Gasteiger partial charge in [-0.2, -0.15) is 9.97 Å². The fourth-order valence-electron chi connectivity index (χ4n) is 0.946. The van der Waals surface area contributed by atoms with E-state index in [1.54, 1.807) is 0 Å². The molecule has 8 heteroatoms. The van der Waals surface area contributed by atoms with Crippen LogP contribution in [0.15, 0.2) is 0 Å². The standard InChI is InChI=1S/C6H4Cl2N6/c7-2-3(8)12-5-1(11-2)4(9)13-6(10)14-5/h(H4,9,10,12,13,14). The molecule has 0 amide bonds. The lowest BCUT2D eigenvalue weighted by molar-refractivity contribution is 1.17. The van der Waals surface area contributed by atoms with E-state index in [-0.39, 0.29) is 33.2 Å². The highest BCUT2D eigenvalue weighted by molar-refractivity contribution is 6.40. The molecule has 14 heavy (non-hydrogen) atoms. The van der Waals surface area contributed by atoms with Gasteiger partial charge in [-0.1, -0.05) is 23.2 Å². The summed E-state index contributed by atoms with van der Waals surface area (Å²) >= 11 is 11.3. The van der Waals surface area contributed by atoms with Gasteiger partial charge in [0.1, 0.15) is 0 Å². The Morgan fingerprint density at radius 2 is 1.50 bits per heavy atom. The largest absolute Gasteiger partial charge is 0.382 e. The molecule has 2 aromatic heterocycles. The molecule has 0 fully saturated rings. The summed E-state index contributed by atoms with van der Waals surface area (Å²) in [4.78, 5) is 15.3. The van der Waals surface area contributed by atoms with E-state index >= 15 is 0 Å². The van der Waals surface area contributed by atoms with Crippen LogP contribution in [-0.2, 0) is 0 Å². The van der Waals surface area contributed by atoms with Crippen LogP contribution in [0.25, 0.3) is 11.2 Å². The summed E-state index contributed by atoms with van der Waals surface area (Å²) in [6.45, 7) is 0. The Morgan fingerprint density at radius 1 is 0.857 bits per heavy atom. The second-order valence-corrected chi connectivity index (χ2v) is 3.16. The number of fused-ring (bicyclic) bond motifs is 1. The summed E-state index contributed by atoms with van der Waals surface area (Å²) in [6.07, 6.45) is 0. The van der Waals surface area contributed by atoms with Crippen molar-refractivity contribution in [3.05, 3.63) is 10.3 Å². The van der Waals surface area contributed by atoms with Crippen LogP contribution in [0.5, 0.6) is 0 Å². The van der Waals surface area contributed by atoms with E-state index in [9.17, 15) is 0 Å². The van der Waals surface area contributed by atoms with Crippen molar-refractivity contribution in [2.75, 3.05) is 11.5 Å². The Morgan fingerprint density at radius 3 is 2.21 bits per heavy atom. The molecule has 0 unspecified atom stereocenters. The first-order chi connectivity index (χ1) is 6.58. The van der Waals surface area contributed by atoms with Crippen LogP contribution in [0.3, 0.4) is 0 Å². The van der Waals surface area contributed by atoms with Crippen LogP contribution >= 0.6 is 23.2 Å². The third-order valence-corrected chi connectivity index (χ3v) is 2.12. The number of halogens is 2. The molecule has 2 aromatic rings. The Bertz CT molecular complexity index is 513. The molecule has 2 rings (SSSR count). The van der Waals surface area contributed by atoms with Gasteiger partial charge in [-0.15, -0.1) is 0 Å². The lowest BCUT2D eigenvalue weighted by atomic mass is 10.5. The Kier molecular flexibility index (Phi) is 2.01. The summed E-state index contributed by atoms with van der Waals surface area (Å²) in [5.74, 6) is 0.140. The van der Waals surface area contributed by atoms with Gasteiger partial charge in [0.2, 0.25) is 5.95 Å². The van der Waals surface area contributed by atoms with E-state index in [0.29, 0.717) is 0 Å². The maximum Gasteiger partial charge on any atom is 0.224 e. The maximum atomic E-state index is 5.65. The number of nitrogens with two attached hydrogens (primary N) is 2. The summed E-state index contributed by atoms with van der Waals surface area (Å²) in [5, 5.41) is 0.107. The summed E-state index contributed by atoms with van der Waals surface area (Å²) < 4.78 is 0. The van der Waals surface area contributed by atoms with E-state index in [1.165, 1.54) is 0 Å². The van der Waals surface area contributed by atoms with Crippen molar-refractivity contribution >= 4 is 46.1 Å². The van der Waals surface area contributed by atoms with E-state index in [4.69, 9.17) is 34.7 Å². The molecule has 0 saturated carbocycles. The number of hydrogen-bond acceptors (Lipinski definition) is 6. The quantitative estimate of drug-likeness (QED) is 0.697. The lowest BCUT2D eigenvalue weighted by Crippen LogP contribution is -2.03. The van der Waals surface area contributed by atoms with Gasteiger partial charge in [0.15, 0.2) is 27.3 Å². The zero-order chi connectivity index (χ0) is 10.3. The molecule has 2 heterocycles. The van der Waals surface area contributed by atoms with Gasteiger partial charge >= 0.3 is 0 Å². The number of rotatable bonds is 0. The molecule has 0 radical (unpaired) electrons. The predicted octanol–water partition coefficient (Wildman–Crippen LogP) is 0.891. The van der Waals surface area contributed by atoms with Gasteiger partial charge in [0.05, 0.1) is 0 Å².